The molecule has 0 spiro atoms. The lowest BCUT2D eigenvalue weighted by atomic mass is 10.1. The monoisotopic (exact) mass is 433 g/mol. The zero-order chi connectivity index (χ0) is 22.7. The molecule has 4 heterocycles. The molecule has 0 radical (unpaired) electrons. The van der Waals surface area contributed by atoms with Crippen LogP contribution >= 0.6 is 0 Å². The highest BCUT2D eigenvalue weighted by molar-refractivity contribution is 5.91. The number of H-pyrrole nitrogens is 1. The van der Waals surface area contributed by atoms with Crippen LogP contribution in [0.25, 0.3) is 16.7 Å². The lowest BCUT2D eigenvalue weighted by Gasteiger charge is -2.13. The number of nitrogens with one attached hydrogen (secondary N) is 3. The lowest BCUT2D eigenvalue weighted by molar-refractivity contribution is -0.128. The van der Waals surface area contributed by atoms with E-state index >= 15 is 0 Å². The number of aromatic amines is 1. The lowest BCUT2D eigenvalue weighted by Crippen LogP contribution is -2.28. The van der Waals surface area contributed by atoms with Crippen molar-refractivity contribution in [3.05, 3.63) is 75.9 Å². The van der Waals surface area contributed by atoms with Crippen molar-refractivity contribution >= 4 is 22.6 Å². The number of aromatic nitrogens is 5. The molecule has 10 nitrogen and oxygen atoms in total. The molecule has 0 aliphatic carbocycles. The fraction of sp³-hybridized carbons (Fsp3) is 0.227. The molecule has 4 aromatic heterocycles. The first-order valence-electron chi connectivity index (χ1n) is 10.1. The molecule has 10 heteroatoms. The molecule has 0 saturated heterocycles. The van der Waals surface area contributed by atoms with Crippen molar-refractivity contribution in [1.29, 1.82) is 0 Å². The number of hydroxylamine groups is 1. The van der Waals surface area contributed by atoms with Gasteiger partial charge in [-0.1, -0.05) is 6.07 Å². The molecular formula is C22H23N7O3. The first-order valence-corrected chi connectivity index (χ1v) is 10.1. The second-order valence-corrected chi connectivity index (χ2v) is 7.42. The van der Waals surface area contributed by atoms with Crippen LogP contribution in [0.15, 0.2) is 47.7 Å². The van der Waals surface area contributed by atoms with Crippen molar-refractivity contribution in [2.24, 2.45) is 0 Å². The van der Waals surface area contributed by atoms with Gasteiger partial charge in [0, 0.05) is 53.4 Å². The number of pyridine rings is 2. The Balaban J connectivity index is 1.74. The van der Waals surface area contributed by atoms with Gasteiger partial charge in [0.15, 0.2) is 5.82 Å². The van der Waals surface area contributed by atoms with Gasteiger partial charge >= 0.3 is 0 Å². The van der Waals surface area contributed by atoms with Gasteiger partial charge in [0.05, 0.1) is 18.1 Å². The Labute approximate surface area is 183 Å². The van der Waals surface area contributed by atoms with Crippen molar-refractivity contribution < 1.29 is 10.0 Å². The van der Waals surface area contributed by atoms with E-state index in [0.717, 1.165) is 16.8 Å². The van der Waals surface area contributed by atoms with E-state index in [2.05, 4.69) is 25.3 Å². The Bertz CT molecular complexity index is 1330. The molecule has 0 unspecified atom stereocenters. The van der Waals surface area contributed by atoms with Crippen LogP contribution in [-0.4, -0.2) is 42.2 Å². The number of anilines is 1. The SMILES string of the molecule is Cc1cc2c(CC(=O)NO)c(-n3c(C)cnc(NCCc4ccccn4)c3=O)[nH]c2cn1. The molecule has 0 saturated carbocycles. The minimum atomic E-state index is -0.588. The summed E-state index contributed by atoms with van der Waals surface area (Å²) in [5, 5.41) is 12.9. The first kappa shape index (κ1) is 21.2. The molecule has 0 bridgehead atoms. The summed E-state index contributed by atoms with van der Waals surface area (Å²) in [5.74, 6) is 0.0424. The van der Waals surface area contributed by atoms with Crippen LogP contribution in [0.2, 0.25) is 0 Å². The predicted octanol–water partition coefficient (Wildman–Crippen LogP) is 1.82. The number of carbonyl (C=O) groups is 1. The number of hydrogen-bond acceptors (Lipinski definition) is 7. The fourth-order valence-corrected chi connectivity index (χ4v) is 3.60. The van der Waals surface area contributed by atoms with Gasteiger partial charge in [-0.3, -0.25) is 29.3 Å². The number of rotatable bonds is 7. The van der Waals surface area contributed by atoms with Crippen LogP contribution in [0.4, 0.5) is 5.82 Å². The van der Waals surface area contributed by atoms with Gasteiger partial charge in [-0.2, -0.15) is 0 Å². The van der Waals surface area contributed by atoms with Crippen LogP contribution in [0.5, 0.6) is 0 Å². The molecule has 0 aliphatic rings. The molecule has 0 aliphatic heterocycles. The molecule has 1 amide bonds. The summed E-state index contributed by atoms with van der Waals surface area (Å²) in [6, 6.07) is 7.52. The minimum Gasteiger partial charge on any atom is -0.365 e. The van der Waals surface area contributed by atoms with E-state index in [0.29, 0.717) is 35.6 Å². The number of amides is 1. The van der Waals surface area contributed by atoms with E-state index in [4.69, 9.17) is 5.21 Å². The van der Waals surface area contributed by atoms with E-state index in [1.807, 2.05) is 31.2 Å². The van der Waals surface area contributed by atoms with Crippen molar-refractivity contribution in [2.45, 2.75) is 26.7 Å². The van der Waals surface area contributed by atoms with Crippen LogP contribution < -0.4 is 16.4 Å². The van der Waals surface area contributed by atoms with Crippen molar-refractivity contribution in [3.63, 3.8) is 0 Å². The van der Waals surface area contributed by atoms with E-state index in [9.17, 15) is 9.59 Å². The summed E-state index contributed by atoms with van der Waals surface area (Å²) >= 11 is 0. The van der Waals surface area contributed by atoms with E-state index in [1.165, 1.54) is 4.57 Å². The van der Waals surface area contributed by atoms with Gasteiger partial charge in [-0.25, -0.2) is 10.5 Å². The summed E-state index contributed by atoms with van der Waals surface area (Å²) in [7, 11) is 0. The molecule has 0 atom stereocenters. The first-order chi connectivity index (χ1) is 15.5. The van der Waals surface area contributed by atoms with Crippen LogP contribution in [-0.2, 0) is 17.6 Å². The van der Waals surface area contributed by atoms with Crippen LogP contribution in [0, 0.1) is 13.8 Å². The zero-order valence-corrected chi connectivity index (χ0v) is 17.7. The summed E-state index contributed by atoms with van der Waals surface area (Å²) in [6.45, 7) is 4.09. The highest BCUT2D eigenvalue weighted by atomic mass is 16.5. The Morgan fingerprint density at radius 3 is 2.78 bits per heavy atom. The molecule has 4 aromatic rings. The van der Waals surface area contributed by atoms with Gasteiger partial charge in [-0.05, 0) is 32.0 Å². The number of fused-ring (bicyclic) bond motifs is 1. The van der Waals surface area contributed by atoms with E-state index in [1.54, 1.807) is 31.0 Å². The second-order valence-electron chi connectivity index (χ2n) is 7.42. The van der Waals surface area contributed by atoms with Crippen molar-refractivity contribution in [1.82, 2.24) is 30.0 Å². The number of hydrogen-bond donors (Lipinski definition) is 4. The van der Waals surface area contributed by atoms with Gasteiger partial charge in [0.25, 0.3) is 5.56 Å². The average molecular weight is 433 g/mol. The average Bonchev–Trinajstić information content (AvgIpc) is 3.13. The van der Waals surface area contributed by atoms with E-state index < -0.39 is 5.91 Å². The summed E-state index contributed by atoms with van der Waals surface area (Å²) in [5.41, 5.74) is 4.83. The van der Waals surface area contributed by atoms with Crippen LogP contribution in [0.3, 0.4) is 0 Å². The highest BCUT2D eigenvalue weighted by Crippen LogP contribution is 2.26. The zero-order valence-electron chi connectivity index (χ0n) is 17.7. The van der Waals surface area contributed by atoms with Gasteiger partial charge in [0.1, 0.15) is 5.82 Å². The molecule has 0 aromatic carbocycles. The smallest absolute Gasteiger partial charge is 0.299 e. The largest absolute Gasteiger partial charge is 0.365 e. The number of nitrogens with zero attached hydrogens (tertiary/aromatic N) is 4. The molecule has 0 fully saturated rings. The minimum absolute atomic E-state index is 0.119. The van der Waals surface area contributed by atoms with Crippen LogP contribution in [0.1, 0.15) is 22.6 Å². The molecule has 32 heavy (non-hydrogen) atoms. The quantitative estimate of drug-likeness (QED) is 0.258. The third-order valence-electron chi connectivity index (χ3n) is 5.13. The van der Waals surface area contributed by atoms with Gasteiger partial charge < -0.3 is 10.3 Å². The molecule has 4 N–H and O–H groups in total. The highest BCUT2D eigenvalue weighted by Gasteiger charge is 2.20. The normalized spacial score (nSPS) is 11.0. The standard InChI is InChI=1S/C22H23N7O3/c1-13-9-16-17(10-19(30)28-32)21(27-18(16)12-25-13)29-14(2)11-26-20(22(29)31)24-8-6-15-5-3-4-7-23-15/h3-5,7,9,11-12,27,32H,6,8,10H2,1-2H3,(H,24,26)(H,28,30). The number of aryl methyl sites for hydroxylation is 2. The molecule has 164 valence electrons. The van der Waals surface area contributed by atoms with Gasteiger partial charge in [0.2, 0.25) is 5.91 Å². The van der Waals surface area contributed by atoms with Crippen molar-refractivity contribution in [3.8, 4) is 5.82 Å². The Morgan fingerprint density at radius 2 is 2.03 bits per heavy atom. The maximum atomic E-state index is 13.3. The summed E-state index contributed by atoms with van der Waals surface area (Å²) < 4.78 is 1.48. The Hall–Kier alpha value is -4.05. The van der Waals surface area contributed by atoms with Gasteiger partial charge in [-0.15, -0.1) is 0 Å². The Kier molecular flexibility index (Phi) is 5.95. The summed E-state index contributed by atoms with van der Waals surface area (Å²) in [4.78, 5) is 41.3. The molecular weight excluding hydrogens is 410 g/mol. The third kappa shape index (κ3) is 4.21. The maximum absolute atomic E-state index is 13.3. The summed E-state index contributed by atoms with van der Waals surface area (Å²) in [6.07, 6.45) is 5.49. The third-order valence-corrected chi connectivity index (χ3v) is 5.13. The Morgan fingerprint density at radius 1 is 1.19 bits per heavy atom. The fourth-order valence-electron chi connectivity index (χ4n) is 3.60. The number of carbonyl (C=O) groups excluding carboxylic acids is 1. The van der Waals surface area contributed by atoms with Crippen molar-refractivity contribution in [2.75, 3.05) is 11.9 Å². The second kappa shape index (κ2) is 8.98. The maximum Gasteiger partial charge on any atom is 0.299 e. The van der Waals surface area contributed by atoms with E-state index in [-0.39, 0.29) is 17.8 Å². The topological polar surface area (TPSA) is 138 Å². The molecule has 4 rings (SSSR count). The predicted molar refractivity (Wildman–Crippen MR) is 119 cm³/mol.